The van der Waals surface area contributed by atoms with Crippen LogP contribution in [0.4, 0.5) is 10.1 Å². The van der Waals surface area contributed by atoms with E-state index in [1.165, 1.54) is 24.4 Å². The fourth-order valence-corrected chi connectivity index (χ4v) is 3.08. The summed E-state index contributed by atoms with van der Waals surface area (Å²) in [4.78, 5) is 0.0365. The number of nitrogens with one attached hydrogen (secondary N) is 1. The van der Waals surface area contributed by atoms with Crippen molar-refractivity contribution in [3.05, 3.63) is 47.5 Å². The molecule has 2 aromatic rings. The molecule has 0 aliphatic heterocycles. The Morgan fingerprint density at radius 2 is 2.05 bits per heavy atom. The van der Waals surface area contributed by atoms with E-state index in [2.05, 4.69) is 4.72 Å². The normalized spacial score (nSPS) is 11.6. The van der Waals surface area contributed by atoms with Crippen molar-refractivity contribution in [1.29, 1.82) is 0 Å². The Hall–Kier alpha value is -1.86. The SMILES string of the molecule is CCn1cc(S(=O)(=O)Nc2ccc(C)c(F)c2)cc1CO. The summed E-state index contributed by atoms with van der Waals surface area (Å²) in [5.74, 6) is -0.475. The molecule has 1 heterocycles. The molecule has 2 rings (SSSR count). The minimum absolute atomic E-state index is 0.0365. The van der Waals surface area contributed by atoms with E-state index >= 15 is 0 Å². The topological polar surface area (TPSA) is 71.3 Å². The lowest BCUT2D eigenvalue weighted by Crippen LogP contribution is -2.12. The number of sulfonamides is 1. The van der Waals surface area contributed by atoms with Gasteiger partial charge in [-0.25, -0.2) is 12.8 Å². The summed E-state index contributed by atoms with van der Waals surface area (Å²) < 4.78 is 42.0. The number of anilines is 1. The highest BCUT2D eigenvalue weighted by Gasteiger charge is 2.18. The molecule has 21 heavy (non-hydrogen) atoms. The van der Waals surface area contributed by atoms with Crippen LogP contribution in [0.1, 0.15) is 18.2 Å². The summed E-state index contributed by atoms with van der Waals surface area (Å²) in [6.45, 7) is 3.74. The van der Waals surface area contributed by atoms with Crippen molar-refractivity contribution in [3.63, 3.8) is 0 Å². The first-order chi connectivity index (χ1) is 9.87. The first-order valence-corrected chi connectivity index (χ1v) is 7.94. The monoisotopic (exact) mass is 312 g/mol. The van der Waals surface area contributed by atoms with Crippen LogP contribution in [0.15, 0.2) is 35.4 Å². The molecule has 7 heteroatoms. The largest absolute Gasteiger partial charge is 0.390 e. The van der Waals surface area contributed by atoms with Gasteiger partial charge in [0.15, 0.2) is 0 Å². The second kappa shape index (κ2) is 5.87. The number of aliphatic hydroxyl groups is 1. The van der Waals surface area contributed by atoms with E-state index in [-0.39, 0.29) is 17.2 Å². The minimum atomic E-state index is -3.81. The maximum Gasteiger partial charge on any atom is 0.263 e. The van der Waals surface area contributed by atoms with Crippen LogP contribution in [-0.2, 0) is 23.2 Å². The summed E-state index contributed by atoms with van der Waals surface area (Å²) >= 11 is 0. The summed E-state index contributed by atoms with van der Waals surface area (Å²) in [5, 5.41) is 9.20. The van der Waals surface area contributed by atoms with Gasteiger partial charge in [-0.15, -0.1) is 0 Å². The third-order valence-electron chi connectivity index (χ3n) is 3.20. The van der Waals surface area contributed by atoms with Gasteiger partial charge in [0.2, 0.25) is 0 Å². The van der Waals surface area contributed by atoms with Gasteiger partial charge in [0.25, 0.3) is 10.0 Å². The smallest absolute Gasteiger partial charge is 0.263 e. The standard InChI is InChI=1S/C14H17FN2O3S/c1-3-17-8-13(7-12(17)9-18)21(19,20)16-11-5-4-10(2)14(15)6-11/h4-8,16,18H,3,9H2,1-2H3. The van der Waals surface area contributed by atoms with Crippen LogP contribution >= 0.6 is 0 Å². The highest BCUT2D eigenvalue weighted by molar-refractivity contribution is 7.92. The Bertz CT molecular complexity index is 732. The summed E-state index contributed by atoms with van der Waals surface area (Å²) in [5.41, 5.74) is 1.11. The van der Waals surface area contributed by atoms with Gasteiger partial charge in [0.05, 0.1) is 12.3 Å². The lowest BCUT2D eigenvalue weighted by molar-refractivity contribution is 0.271. The molecule has 0 saturated heterocycles. The predicted octanol–water partition coefficient (Wildman–Crippen LogP) is 2.25. The fraction of sp³-hybridized carbons (Fsp3) is 0.286. The molecule has 0 atom stereocenters. The zero-order valence-electron chi connectivity index (χ0n) is 11.8. The molecule has 114 valence electrons. The molecule has 0 fully saturated rings. The van der Waals surface area contributed by atoms with Crippen molar-refractivity contribution in [2.75, 3.05) is 4.72 Å². The number of aromatic nitrogens is 1. The number of hydrogen-bond donors (Lipinski definition) is 2. The average molecular weight is 312 g/mol. The van der Waals surface area contributed by atoms with Gasteiger partial charge in [-0.1, -0.05) is 6.07 Å². The van der Waals surface area contributed by atoms with Crippen LogP contribution in [0, 0.1) is 12.7 Å². The Labute approximate surface area is 123 Å². The van der Waals surface area contributed by atoms with Gasteiger partial charge in [0.1, 0.15) is 10.7 Å². The van der Waals surface area contributed by atoms with E-state index in [0.717, 1.165) is 6.07 Å². The summed E-state index contributed by atoms with van der Waals surface area (Å²) in [6.07, 6.45) is 1.44. The van der Waals surface area contributed by atoms with Crippen LogP contribution in [0.5, 0.6) is 0 Å². The van der Waals surface area contributed by atoms with E-state index < -0.39 is 15.8 Å². The molecule has 0 bridgehead atoms. The third kappa shape index (κ3) is 3.25. The molecular weight excluding hydrogens is 295 g/mol. The number of nitrogens with zero attached hydrogens (tertiary/aromatic N) is 1. The molecule has 2 N–H and O–H groups in total. The predicted molar refractivity (Wildman–Crippen MR) is 78.0 cm³/mol. The molecule has 0 amide bonds. The van der Waals surface area contributed by atoms with Gasteiger partial charge in [-0.3, -0.25) is 4.72 Å². The summed E-state index contributed by atoms with van der Waals surface area (Å²) in [6, 6.07) is 5.54. The number of halogens is 1. The number of benzene rings is 1. The minimum Gasteiger partial charge on any atom is -0.390 e. The number of aliphatic hydroxyl groups excluding tert-OH is 1. The second-order valence-corrected chi connectivity index (χ2v) is 6.36. The molecule has 0 aliphatic carbocycles. The van der Waals surface area contributed by atoms with Crippen molar-refractivity contribution >= 4 is 15.7 Å². The van der Waals surface area contributed by atoms with Crippen molar-refractivity contribution in [1.82, 2.24) is 4.57 Å². The lowest BCUT2D eigenvalue weighted by Gasteiger charge is -2.07. The van der Waals surface area contributed by atoms with Gasteiger partial charge < -0.3 is 9.67 Å². The van der Waals surface area contributed by atoms with Crippen LogP contribution in [-0.4, -0.2) is 18.1 Å². The molecule has 0 spiro atoms. The van der Waals surface area contributed by atoms with Gasteiger partial charge in [-0.2, -0.15) is 0 Å². The van der Waals surface area contributed by atoms with E-state index in [9.17, 15) is 17.9 Å². The Kier molecular flexibility index (Phi) is 4.34. The highest BCUT2D eigenvalue weighted by Crippen LogP contribution is 2.20. The van der Waals surface area contributed by atoms with Crippen LogP contribution in [0.3, 0.4) is 0 Å². The maximum atomic E-state index is 13.5. The van der Waals surface area contributed by atoms with Crippen LogP contribution in [0.25, 0.3) is 0 Å². The molecular formula is C14H17FN2O3S. The van der Waals surface area contributed by atoms with Gasteiger partial charge >= 0.3 is 0 Å². The van der Waals surface area contributed by atoms with Crippen molar-refractivity contribution < 1.29 is 17.9 Å². The lowest BCUT2D eigenvalue weighted by atomic mass is 10.2. The molecule has 0 unspecified atom stereocenters. The van der Waals surface area contributed by atoms with Crippen LogP contribution in [0.2, 0.25) is 0 Å². The fourth-order valence-electron chi connectivity index (χ4n) is 1.97. The Morgan fingerprint density at radius 3 is 2.57 bits per heavy atom. The maximum absolute atomic E-state index is 13.5. The Morgan fingerprint density at radius 1 is 1.33 bits per heavy atom. The molecule has 0 radical (unpaired) electrons. The van der Waals surface area contributed by atoms with Crippen molar-refractivity contribution in [2.24, 2.45) is 0 Å². The molecule has 0 saturated carbocycles. The van der Waals surface area contributed by atoms with E-state index in [4.69, 9.17) is 0 Å². The van der Waals surface area contributed by atoms with E-state index in [1.807, 2.05) is 6.92 Å². The summed E-state index contributed by atoms with van der Waals surface area (Å²) in [7, 11) is -3.81. The van der Waals surface area contributed by atoms with Crippen molar-refractivity contribution in [2.45, 2.75) is 31.9 Å². The first-order valence-electron chi connectivity index (χ1n) is 6.46. The second-order valence-electron chi connectivity index (χ2n) is 4.68. The number of aryl methyl sites for hydroxylation is 2. The van der Waals surface area contributed by atoms with Gasteiger partial charge in [-0.05, 0) is 37.6 Å². The molecule has 1 aromatic heterocycles. The van der Waals surface area contributed by atoms with E-state index in [1.54, 1.807) is 11.5 Å². The Balaban J connectivity index is 2.33. The molecule has 0 aliphatic rings. The first kappa shape index (κ1) is 15.5. The number of hydrogen-bond acceptors (Lipinski definition) is 3. The highest BCUT2D eigenvalue weighted by atomic mass is 32.2. The average Bonchev–Trinajstić information content (AvgIpc) is 2.86. The van der Waals surface area contributed by atoms with E-state index in [0.29, 0.717) is 17.8 Å². The zero-order valence-corrected chi connectivity index (χ0v) is 12.6. The van der Waals surface area contributed by atoms with Crippen LogP contribution < -0.4 is 4.72 Å². The quantitative estimate of drug-likeness (QED) is 0.889. The number of rotatable bonds is 5. The van der Waals surface area contributed by atoms with Gasteiger partial charge in [0, 0.05) is 18.4 Å². The molecule has 5 nitrogen and oxygen atoms in total. The molecule has 1 aromatic carbocycles. The van der Waals surface area contributed by atoms with Crippen molar-refractivity contribution in [3.8, 4) is 0 Å². The third-order valence-corrected chi connectivity index (χ3v) is 4.55. The zero-order chi connectivity index (χ0) is 15.6.